The summed E-state index contributed by atoms with van der Waals surface area (Å²) in [5, 5.41) is 26.2. The fraction of sp³-hybridized carbons (Fsp3) is 0.167. The van der Waals surface area contributed by atoms with Crippen LogP contribution in [0.25, 0.3) is 0 Å². The van der Waals surface area contributed by atoms with Crippen LogP contribution in [0, 0.1) is 18.3 Å². The highest BCUT2D eigenvalue weighted by molar-refractivity contribution is 5.34. The standard InChI is InChI=1S/C6H5N3O2/c1-3-5(10)8-4(2-7)9-6(3)11/h1H3,(H2,8,9,10,11). The molecule has 0 aliphatic heterocycles. The molecule has 0 saturated heterocycles. The van der Waals surface area contributed by atoms with Gasteiger partial charge in [0.15, 0.2) is 0 Å². The summed E-state index contributed by atoms with van der Waals surface area (Å²) < 4.78 is 0. The fourth-order valence-corrected chi connectivity index (χ4v) is 0.543. The first kappa shape index (κ1) is 7.28. The van der Waals surface area contributed by atoms with Gasteiger partial charge in [0, 0.05) is 0 Å². The summed E-state index contributed by atoms with van der Waals surface area (Å²) in [4.78, 5) is 6.75. The van der Waals surface area contributed by atoms with E-state index in [9.17, 15) is 0 Å². The lowest BCUT2D eigenvalue weighted by atomic mass is 10.3. The van der Waals surface area contributed by atoms with Crippen molar-refractivity contribution in [2.24, 2.45) is 0 Å². The van der Waals surface area contributed by atoms with Crippen LogP contribution in [0.15, 0.2) is 0 Å². The Morgan fingerprint density at radius 2 is 1.73 bits per heavy atom. The highest BCUT2D eigenvalue weighted by Crippen LogP contribution is 2.20. The van der Waals surface area contributed by atoms with E-state index in [2.05, 4.69) is 9.97 Å². The van der Waals surface area contributed by atoms with E-state index < -0.39 is 0 Å². The van der Waals surface area contributed by atoms with Gasteiger partial charge in [-0.15, -0.1) is 0 Å². The van der Waals surface area contributed by atoms with E-state index in [-0.39, 0.29) is 23.1 Å². The van der Waals surface area contributed by atoms with Gasteiger partial charge in [-0.25, -0.2) is 0 Å². The van der Waals surface area contributed by atoms with Gasteiger partial charge in [-0.2, -0.15) is 15.2 Å². The highest BCUT2D eigenvalue weighted by atomic mass is 16.3. The molecule has 0 radical (unpaired) electrons. The summed E-state index contributed by atoms with van der Waals surface area (Å²) in [7, 11) is 0. The summed E-state index contributed by atoms with van der Waals surface area (Å²) in [5.41, 5.74) is 0.170. The smallest absolute Gasteiger partial charge is 0.238 e. The molecular weight excluding hydrogens is 146 g/mol. The fourth-order valence-electron chi connectivity index (χ4n) is 0.543. The minimum atomic E-state index is -0.367. The number of aromatic nitrogens is 2. The molecule has 0 aliphatic carbocycles. The molecule has 0 saturated carbocycles. The summed E-state index contributed by atoms with van der Waals surface area (Å²) in [6.07, 6.45) is 0. The Labute approximate surface area is 62.6 Å². The summed E-state index contributed by atoms with van der Waals surface area (Å²) in [5.74, 6) is -0.978. The molecule has 5 nitrogen and oxygen atoms in total. The number of aromatic hydroxyl groups is 2. The number of hydrogen-bond donors (Lipinski definition) is 2. The van der Waals surface area contributed by atoms with Crippen LogP contribution < -0.4 is 0 Å². The molecule has 56 valence electrons. The van der Waals surface area contributed by atoms with E-state index in [1.165, 1.54) is 6.92 Å². The monoisotopic (exact) mass is 151 g/mol. The Kier molecular flexibility index (Phi) is 1.60. The molecule has 0 bridgehead atoms. The van der Waals surface area contributed by atoms with Crippen LogP contribution >= 0.6 is 0 Å². The van der Waals surface area contributed by atoms with Crippen molar-refractivity contribution in [1.29, 1.82) is 5.26 Å². The first-order chi connectivity index (χ1) is 5.15. The van der Waals surface area contributed by atoms with E-state index in [0.717, 1.165) is 0 Å². The Bertz CT molecular complexity index is 306. The predicted octanol–water partition coefficient (Wildman–Crippen LogP) is 0.0679. The zero-order valence-corrected chi connectivity index (χ0v) is 5.74. The Balaban J connectivity index is 3.35. The minimum Gasteiger partial charge on any atom is -0.493 e. The molecule has 1 aromatic heterocycles. The second-order valence-corrected chi connectivity index (χ2v) is 1.93. The summed E-state index contributed by atoms with van der Waals surface area (Å²) >= 11 is 0. The lowest BCUT2D eigenvalue weighted by Crippen LogP contribution is -1.91. The SMILES string of the molecule is Cc1c(O)nc(C#N)nc1O. The quantitative estimate of drug-likeness (QED) is 0.547. The Hall–Kier alpha value is -1.83. The van der Waals surface area contributed by atoms with Crippen molar-refractivity contribution in [3.63, 3.8) is 0 Å². The van der Waals surface area contributed by atoms with Gasteiger partial charge in [-0.3, -0.25) is 0 Å². The second-order valence-electron chi connectivity index (χ2n) is 1.93. The first-order valence-electron chi connectivity index (χ1n) is 2.82. The molecule has 0 atom stereocenters. The average Bonchev–Trinajstić information content (AvgIpc) is 1.99. The second kappa shape index (κ2) is 2.42. The molecule has 11 heavy (non-hydrogen) atoms. The Morgan fingerprint density at radius 3 is 2.09 bits per heavy atom. The minimum absolute atomic E-state index is 0.170. The maximum absolute atomic E-state index is 8.95. The van der Waals surface area contributed by atoms with Gasteiger partial charge in [0.25, 0.3) is 0 Å². The van der Waals surface area contributed by atoms with Gasteiger partial charge in [0.2, 0.25) is 17.6 Å². The maximum Gasteiger partial charge on any atom is 0.238 e. The van der Waals surface area contributed by atoms with Crippen molar-refractivity contribution in [3.05, 3.63) is 11.4 Å². The van der Waals surface area contributed by atoms with Crippen LogP contribution in [0.1, 0.15) is 11.4 Å². The van der Waals surface area contributed by atoms with Crippen molar-refractivity contribution in [1.82, 2.24) is 9.97 Å². The van der Waals surface area contributed by atoms with Gasteiger partial charge in [0.1, 0.15) is 6.07 Å². The van der Waals surface area contributed by atoms with Crippen LogP contribution in [-0.2, 0) is 0 Å². The molecule has 0 aliphatic rings. The van der Waals surface area contributed by atoms with Gasteiger partial charge >= 0.3 is 0 Å². The zero-order valence-electron chi connectivity index (χ0n) is 5.74. The molecule has 1 heterocycles. The van der Waals surface area contributed by atoms with E-state index >= 15 is 0 Å². The molecule has 5 heteroatoms. The predicted molar refractivity (Wildman–Crippen MR) is 34.8 cm³/mol. The zero-order chi connectivity index (χ0) is 8.43. The average molecular weight is 151 g/mol. The molecule has 1 rings (SSSR count). The van der Waals surface area contributed by atoms with Crippen molar-refractivity contribution < 1.29 is 10.2 Å². The van der Waals surface area contributed by atoms with E-state index in [0.29, 0.717) is 0 Å². The van der Waals surface area contributed by atoms with Gasteiger partial charge in [-0.1, -0.05) is 0 Å². The Morgan fingerprint density at radius 1 is 1.27 bits per heavy atom. The number of nitrogens with zero attached hydrogens (tertiary/aromatic N) is 3. The molecule has 2 N–H and O–H groups in total. The lowest BCUT2D eigenvalue weighted by molar-refractivity contribution is 0.412. The van der Waals surface area contributed by atoms with Crippen molar-refractivity contribution >= 4 is 0 Å². The molecule has 0 fully saturated rings. The van der Waals surface area contributed by atoms with Gasteiger partial charge in [0.05, 0.1) is 5.56 Å². The molecule has 1 aromatic rings. The molecule has 0 aromatic carbocycles. The number of rotatable bonds is 0. The molecule has 0 amide bonds. The van der Waals surface area contributed by atoms with Gasteiger partial charge < -0.3 is 10.2 Å². The number of nitriles is 1. The van der Waals surface area contributed by atoms with Crippen LogP contribution in [0.2, 0.25) is 0 Å². The van der Waals surface area contributed by atoms with Crippen LogP contribution in [-0.4, -0.2) is 20.2 Å². The van der Waals surface area contributed by atoms with Crippen molar-refractivity contribution in [2.75, 3.05) is 0 Å². The van der Waals surface area contributed by atoms with Crippen LogP contribution in [0.5, 0.6) is 11.8 Å². The van der Waals surface area contributed by atoms with E-state index in [1.807, 2.05) is 0 Å². The normalized spacial score (nSPS) is 9.09. The third-order valence-corrected chi connectivity index (χ3v) is 1.19. The summed E-state index contributed by atoms with van der Waals surface area (Å²) in [6, 6.07) is 1.59. The third kappa shape index (κ3) is 1.19. The number of hydrogen-bond acceptors (Lipinski definition) is 5. The van der Waals surface area contributed by atoms with Crippen molar-refractivity contribution in [3.8, 4) is 17.8 Å². The largest absolute Gasteiger partial charge is 0.493 e. The van der Waals surface area contributed by atoms with Gasteiger partial charge in [-0.05, 0) is 6.92 Å². The molecule has 0 unspecified atom stereocenters. The first-order valence-corrected chi connectivity index (χ1v) is 2.82. The lowest BCUT2D eigenvalue weighted by Gasteiger charge is -1.98. The van der Waals surface area contributed by atoms with Crippen LogP contribution in [0.3, 0.4) is 0 Å². The maximum atomic E-state index is 8.95. The van der Waals surface area contributed by atoms with E-state index in [4.69, 9.17) is 15.5 Å². The summed E-state index contributed by atoms with van der Waals surface area (Å²) in [6.45, 7) is 1.45. The van der Waals surface area contributed by atoms with Crippen LogP contribution in [0.4, 0.5) is 0 Å². The topological polar surface area (TPSA) is 90.0 Å². The van der Waals surface area contributed by atoms with E-state index in [1.54, 1.807) is 6.07 Å². The molecule has 0 spiro atoms. The van der Waals surface area contributed by atoms with Crippen molar-refractivity contribution in [2.45, 2.75) is 6.92 Å². The third-order valence-electron chi connectivity index (χ3n) is 1.19. The molecular formula is C6H5N3O2. The highest BCUT2D eigenvalue weighted by Gasteiger charge is 2.07.